The van der Waals surface area contributed by atoms with Crippen LogP contribution in [-0.4, -0.2) is 58.5 Å². The lowest BCUT2D eigenvalue weighted by atomic mass is 9.80. The zero-order valence-electron chi connectivity index (χ0n) is 21.8. The van der Waals surface area contributed by atoms with Crippen LogP contribution >= 0.6 is 0 Å². The number of urea groups is 1. The summed E-state index contributed by atoms with van der Waals surface area (Å²) in [5.74, 6) is 1.42. The number of carbonyl (C=O) groups excluding carboxylic acids is 1. The van der Waals surface area contributed by atoms with E-state index in [-0.39, 0.29) is 24.0 Å². The molecule has 2 amide bonds. The Hall–Kier alpha value is -2.93. The zero-order chi connectivity index (χ0) is 25.4. The van der Waals surface area contributed by atoms with Gasteiger partial charge in [-0.3, -0.25) is 9.80 Å². The Balaban J connectivity index is 1.43. The Morgan fingerprint density at radius 3 is 2.61 bits per heavy atom. The van der Waals surface area contributed by atoms with Gasteiger partial charge in [0, 0.05) is 37.4 Å². The van der Waals surface area contributed by atoms with E-state index < -0.39 is 5.54 Å². The van der Waals surface area contributed by atoms with Gasteiger partial charge in [0.05, 0.1) is 6.10 Å². The minimum atomic E-state index is -0.567. The van der Waals surface area contributed by atoms with Crippen LogP contribution in [0.1, 0.15) is 58.9 Å². The Labute approximate surface area is 213 Å². The molecule has 2 saturated heterocycles. The number of halogens is 1. The Morgan fingerprint density at radius 2 is 1.92 bits per heavy atom. The summed E-state index contributed by atoms with van der Waals surface area (Å²) in [6.45, 7) is 11.0. The van der Waals surface area contributed by atoms with Gasteiger partial charge >= 0.3 is 6.03 Å². The van der Waals surface area contributed by atoms with Gasteiger partial charge < -0.3 is 9.64 Å². The zero-order valence-corrected chi connectivity index (χ0v) is 21.8. The summed E-state index contributed by atoms with van der Waals surface area (Å²) < 4.78 is 20.1. The van der Waals surface area contributed by atoms with Crippen molar-refractivity contribution in [1.82, 2.24) is 9.80 Å². The highest BCUT2D eigenvalue weighted by Gasteiger charge is 2.55. The number of hydrogen-bond donors (Lipinski definition) is 0. The Kier molecular flexibility index (Phi) is 6.77. The van der Waals surface area contributed by atoms with E-state index in [9.17, 15) is 9.18 Å². The summed E-state index contributed by atoms with van der Waals surface area (Å²) in [5, 5.41) is 0. The van der Waals surface area contributed by atoms with E-state index >= 15 is 0 Å². The summed E-state index contributed by atoms with van der Waals surface area (Å²) in [6, 6.07) is 15.0. The molecule has 3 aliphatic rings. The molecule has 0 radical (unpaired) electrons. The van der Waals surface area contributed by atoms with Gasteiger partial charge in [-0.05, 0) is 89.3 Å². The molecule has 0 N–H and O–H groups in total. The fraction of sp³-hybridized carbons (Fsp3) is 0.517. The second-order valence-corrected chi connectivity index (χ2v) is 10.8. The molecule has 0 saturated carbocycles. The molecule has 1 spiro atoms. The standard InChI is InChI=1S/C29H37FN4O2/c1-20(2)36-26-12-5-9-23(16-26)19-32-15-13-29(18-22(32)4)27(33-14-7-8-21(33)3)31-28(35)34(29)25-11-6-10-24(30)17-25/h5-6,9-12,16-17,20-22H,7-8,13-15,18-19H2,1-4H3/t21?,22-,29-/m1/s1. The number of amides is 2. The van der Waals surface area contributed by atoms with Crippen LogP contribution in [0.25, 0.3) is 0 Å². The van der Waals surface area contributed by atoms with Crippen LogP contribution in [0.3, 0.4) is 0 Å². The molecule has 3 atom stereocenters. The number of likely N-dealkylation sites (tertiary alicyclic amines) is 2. The highest BCUT2D eigenvalue weighted by Crippen LogP contribution is 2.43. The lowest BCUT2D eigenvalue weighted by molar-refractivity contribution is 0.118. The number of anilines is 1. The fourth-order valence-corrected chi connectivity index (χ4v) is 6.21. The summed E-state index contributed by atoms with van der Waals surface area (Å²) in [4.78, 5) is 24.6. The predicted octanol–water partition coefficient (Wildman–Crippen LogP) is 5.86. The molecule has 2 aromatic rings. The summed E-state index contributed by atoms with van der Waals surface area (Å²) in [5.41, 5.74) is 1.23. The minimum Gasteiger partial charge on any atom is -0.491 e. The van der Waals surface area contributed by atoms with E-state index in [1.54, 1.807) is 11.0 Å². The molecule has 2 aromatic carbocycles. The third-order valence-electron chi connectivity index (χ3n) is 7.85. The van der Waals surface area contributed by atoms with Crippen LogP contribution in [0.15, 0.2) is 53.5 Å². The molecular weight excluding hydrogens is 455 g/mol. The topological polar surface area (TPSA) is 48.4 Å². The highest BCUT2D eigenvalue weighted by molar-refractivity contribution is 6.16. The molecule has 2 fully saturated rings. The van der Waals surface area contributed by atoms with Crippen molar-refractivity contribution >= 4 is 17.6 Å². The minimum absolute atomic E-state index is 0.133. The first-order chi connectivity index (χ1) is 17.3. The normalized spacial score (nSPS) is 26.8. The average Bonchev–Trinajstić information content (AvgIpc) is 3.35. The number of hydrogen-bond acceptors (Lipinski definition) is 4. The lowest BCUT2D eigenvalue weighted by Crippen LogP contribution is -2.63. The van der Waals surface area contributed by atoms with Gasteiger partial charge in [0.25, 0.3) is 0 Å². The van der Waals surface area contributed by atoms with Crippen molar-refractivity contribution in [3.05, 3.63) is 59.9 Å². The largest absolute Gasteiger partial charge is 0.491 e. The molecule has 5 rings (SSSR count). The van der Waals surface area contributed by atoms with Gasteiger partial charge in [0.1, 0.15) is 22.9 Å². The van der Waals surface area contributed by atoms with Gasteiger partial charge in [0.2, 0.25) is 0 Å². The molecule has 7 heteroatoms. The van der Waals surface area contributed by atoms with Gasteiger partial charge in [-0.15, -0.1) is 0 Å². The van der Waals surface area contributed by atoms with Crippen LogP contribution in [0.4, 0.5) is 14.9 Å². The van der Waals surface area contributed by atoms with E-state index in [4.69, 9.17) is 4.74 Å². The van der Waals surface area contributed by atoms with E-state index in [0.717, 1.165) is 56.9 Å². The first-order valence-electron chi connectivity index (χ1n) is 13.2. The summed E-state index contributed by atoms with van der Waals surface area (Å²) in [6.07, 6.45) is 3.83. The first kappa shape index (κ1) is 24.8. The SMILES string of the molecule is CC(C)Oc1cccc(CN2CC[C@@]3(C[C@H]2C)C(N2CCCC2C)=NC(=O)N3c2cccc(F)c2)c1. The van der Waals surface area contributed by atoms with E-state index in [1.807, 2.05) is 32.0 Å². The van der Waals surface area contributed by atoms with Gasteiger partial charge in [-0.25, -0.2) is 9.18 Å². The number of amidine groups is 1. The quantitative estimate of drug-likeness (QED) is 0.525. The molecule has 0 aliphatic carbocycles. The van der Waals surface area contributed by atoms with E-state index in [0.29, 0.717) is 11.7 Å². The van der Waals surface area contributed by atoms with Gasteiger partial charge in [-0.1, -0.05) is 18.2 Å². The van der Waals surface area contributed by atoms with Crippen LogP contribution in [0, 0.1) is 5.82 Å². The van der Waals surface area contributed by atoms with Crippen molar-refractivity contribution in [2.24, 2.45) is 4.99 Å². The summed E-state index contributed by atoms with van der Waals surface area (Å²) >= 11 is 0. The maximum absolute atomic E-state index is 14.3. The highest BCUT2D eigenvalue weighted by atomic mass is 19.1. The third kappa shape index (κ3) is 4.61. The second kappa shape index (κ2) is 9.85. The molecule has 0 aromatic heterocycles. The van der Waals surface area contributed by atoms with Crippen LogP contribution in [0.2, 0.25) is 0 Å². The maximum atomic E-state index is 14.3. The van der Waals surface area contributed by atoms with Crippen molar-refractivity contribution in [3.8, 4) is 5.75 Å². The van der Waals surface area contributed by atoms with Crippen LogP contribution in [-0.2, 0) is 6.54 Å². The number of nitrogens with zero attached hydrogens (tertiary/aromatic N) is 4. The Bertz CT molecular complexity index is 1150. The van der Waals surface area contributed by atoms with Crippen molar-refractivity contribution in [3.63, 3.8) is 0 Å². The number of carbonyl (C=O) groups is 1. The molecule has 36 heavy (non-hydrogen) atoms. The molecule has 3 heterocycles. The first-order valence-corrected chi connectivity index (χ1v) is 13.2. The lowest BCUT2D eigenvalue weighted by Gasteiger charge is -2.50. The fourth-order valence-electron chi connectivity index (χ4n) is 6.21. The molecule has 3 aliphatic heterocycles. The smallest absolute Gasteiger partial charge is 0.350 e. The number of benzene rings is 2. The predicted molar refractivity (Wildman–Crippen MR) is 141 cm³/mol. The summed E-state index contributed by atoms with van der Waals surface area (Å²) in [7, 11) is 0. The van der Waals surface area contributed by atoms with Crippen molar-refractivity contribution in [1.29, 1.82) is 0 Å². The Morgan fingerprint density at radius 1 is 1.11 bits per heavy atom. The van der Waals surface area contributed by atoms with Crippen molar-refractivity contribution in [2.75, 3.05) is 18.0 Å². The third-order valence-corrected chi connectivity index (χ3v) is 7.85. The van der Waals surface area contributed by atoms with Crippen molar-refractivity contribution in [2.45, 2.75) is 83.6 Å². The number of ether oxygens (including phenoxy) is 1. The van der Waals surface area contributed by atoms with E-state index in [1.165, 1.54) is 17.7 Å². The monoisotopic (exact) mass is 492 g/mol. The van der Waals surface area contributed by atoms with Gasteiger partial charge in [0.15, 0.2) is 0 Å². The number of aliphatic imine (C=N–C) groups is 1. The second-order valence-electron chi connectivity index (χ2n) is 10.8. The molecule has 6 nitrogen and oxygen atoms in total. The number of piperidine rings is 1. The molecule has 192 valence electrons. The number of rotatable bonds is 5. The molecule has 1 unspecified atom stereocenters. The van der Waals surface area contributed by atoms with Crippen LogP contribution in [0.5, 0.6) is 5.75 Å². The van der Waals surface area contributed by atoms with Crippen LogP contribution < -0.4 is 9.64 Å². The van der Waals surface area contributed by atoms with E-state index in [2.05, 4.69) is 40.8 Å². The maximum Gasteiger partial charge on any atom is 0.350 e. The average molecular weight is 493 g/mol. The molecular formula is C29H37FN4O2. The molecule has 0 bridgehead atoms. The van der Waals surface area contributed by atoms with Gasteiger partial charge in [-0.2, -0.15) is 4.99 Å². The van der Waals surface area contributed by atoms with Crippen molar-refractivity contribution < 1.29 is 13.9 Å².